The molecule has 1 aliphatic rings. The van der Waals surface area contributed by atoms with E-state index >= 15 is 0 Å². The largest absolute Gasteiger partial charge is 0.494 e. The topological polar surface area (TPSA) is 24.5 Å². The molecule has 0 unspecified atom stereocenters. The maximum atomic E-state index is 5.84. The second-order valence-corrected chi connectivity index (χ2v) is 6.05. The van der Waals surface area contributed by atoms with Crippen LogP contribution < -0.4 is 10.1 Å². The van der Waals surface area contributed by atoms with Gasteiger partial charge in [-0.3, -0.25) is 0 Å². The third-order valence-corrected chi connectivity index (χ3v) is 4.05. The van der Waals surface area contributed by atoms with Crippen LogP contribution in [0, 0.1) is 5.92 Å². The molecule has 120 valence electrons. The summed E-state index contributed by atoms with van der Waals surface area (Å²) in [7, 11) is 2.21. The zero-order valence-electron chi connectivity index (χ0n) is 12.7. The highest BCUT2D eigenvalue weighted by atomic mass is 35.5. The van der Waals surface area contributed by atoms with E-state index in [1.54, 1.807) is 0 Å². The van der Waals surface area contributed by atoms with Gasteiger partial charge < -0.3 is 15.0 Å². The zero-order chi connectivity index (χ0) is 14.2. The molecular formula is C16H26Cl2N2O. The fourth-order valence-electron chi connectivity index (χ4n) is 2.65. The average Bonchev–Trinajstić information content (AvgIpc) is 2.46. The molecule has 0 amide bonds. The molecule has 0 atom stereocenters. The third-order valence-electron chi connectivity index (χ3n) is 3.80. The number of piperidine rings is 1. The fourth-order valence-corrected chi connectivity index (χ4v) is 2.78. The molecule has 1 fully saturated rings. The lowest BCUT2D eigenvalue weighted by Crippen LogP contribution is -2.35. The first-order chi connectivity index (χ1) is 9.74. The van der Waals surface area contributed by atoms with Crippen LogP contribution in [0.1, 0.15) is 19.3 Å². The average molecular weight is 333 g/mol. The number of hydrogen-bond donors (Lipinski definition) is 1. The summed E-state index contributed by atoms with van der Waals surface area (Å²) in [6.45, 7) is 5.43. The number of benzene rings is 1. The summed E-state index contributed by atoms with van der Waals surface area (Å²) in [6, 6.07) is 7.56. The van der Waals surface area contributed by atoms with E-state index in [0.29, 0.717) is 0 Å². The van der Waals surface area contributed by atoms with Crippen LogP contribution in [0.4, 0.5) is 0 Å². The van der Waals surface area contributed by atoms with Crippen LogP contribution in [-0.4, -0.2) is 44.7 Å². The molecule has 0 aliphatic carbocycles. The van der Waals surface area contributed by atoms with E-state index < -0.39 is 0 Å². The van der Waals surface area contributed by atoms with Crippen molar-refractivity contribution in [3.63, 3.8) is 0 Å². The Kier molecular flexibility index (Phi) is 9.09. The first kappa shape index (κ1) is 18.6. The molecule has 0 radical (unpaired) electrons. The molecule has 0 bridgehead atoms. The first-order valence-corrected chi connectivity index (χ1v) is 7.89. The molecule has 1 aromatic carbocycles. The van der Waals surface area contributed by atoms with Crippen molar-refractivity contribution < 1.29 is 4.74 Å². The van der Waals surface area contributed by atoms with Crippen molar-refractivity contribution in [3.05, 3.63) is 29.3 Å². The molecular weight excluding hydrogens is 307 g/mol. The fraction of sp³-hybridized carbons (Fsp3) is 0.625. The Balaban J connectivity index is 0.00000220. The molecule has 2 rings (SSSR count). The Morgan fingerprint density at radius 3 is 2.57 bits per heavy atom. The molecule has 1 aromatic rings. The van der Waals surface area contributed by atoms with Gasteiger partial charge in [-0.2, -0.15) is 0 Å². The van der Waals surface area contributed by atoms with E-state index in [0.717, 1.165) is 36.3 Å². The number of hydrogen-bond acceptors (Lipinski definition) is 3. The SMILES string of the molecule is CN(CCCOc1ccc(Cl)cc1)CC1CCNCC1.Cl. The second kappa shape index (κ2) is 10.3. The summed E-state index contributed by atoms with van der Waals surface area (Å²) in [4.78, 5) is 2.43. The standard InChI is InChI=1S/C16H25ClN2O.ClH/c1-19(13-14-7-9-18-10-8-14)11-2-12-20-16-5-3-15(17)4-6-16;/h3-6,14,18H,2,7-13H2,1H3;1H. The monoisotopic (exact) mass is 332 g/mol. The number of ether oxygens (including phenoxy) is 1. The van der Waals surface area contributed by atoms with Gasteiger partial charge in [0.25, 0.3) is 0 Å². The molecule has 21 heavy (non-hydrogen) atoms. The molecule has 5 heteroatoms. The molecule has 1 heterocycles. The maximum Gasteiger partial charge on any atom is 0.119 e. The van der Waals surface area contributed by atoms with Crippen LogP contribution in [0.5, 0.6) is 5.75 Å². The Morgan fingerprint density at radius 1 is 1.24 bits per heavy atom. The summed E-state index contributed by atoms with van der Waals surface area (Å²) in [5.41, 5.74) is 0. The lowest BCUT2D eigenvalue weighted by molar-refractivity contribution is 0.218. The van der Waals surface area contributed by atoms with Gasteiger partial charge in [-0.1, -0.05) is 11.6 Å². The number of halogens is 2. The molecule has 0 saturated carbocycles. The minimum Gasteiger partial charge on any atom is -0.494 e. The number of nitrogens with zero attached hydrogens (tertiary/aromatic N) is 1. The quantitative estimate of drug-likeness (QED) is 0.774. The van der Waals surface area contributed by atoms with Gasteiger partial charge in [0.05, 0.1) is 6.61 Å². The van der Waals surface area contributed by atoms with Crippen molar-refractivity contribution in [1.29, 1.82) is 0 Å². The normalized spacial score (nSPS) is 15.8. The van der Waals surface area contributed by atoms with Crippen LogP contribution in [0.25, 0.3) is 0 Å². The maximum absolute atomic E-state index is 5.84. The first-order valence-electron chi connectivity index (χ1n) is 7.51. The predicted molar refractivity (Wildman–Crippen MR) is 91.9 cm³/mol. The van der Waals surface area contributed by atoms with Gasteiger partial charge in [0.1, 0.15) is 5.75 Å². The highest BCUT2D eigenvalue weighted by Gasteiger charge is 2.14. The van der Waals surface area contributed by atoms with Crippen molar-refractivity contribution in [2.45, 2.75) is 19.3 Å². The van der Waals surface area contributed by atoms with Gasteiger partial charge in [-0.05, 0) is 69.6 Å². The smallest absolute Gasteiger partial charge is 0.119 e. The number of rotatable bonds is 7. The summed E-state index contributed by atoms with van der Waals surface area (Å²) in [5, 5.41) is 4.16. The highest BCUT2D eigenvalue weighted by molar-refractivity contribution is 6.30. The van der Waals surface area contributed by atoms with Crippen molar-refractivity contribution >= 4 is 24.0 Å². The Labute approximate surface area is 139 Å². The van der Waals surface area contributed by atoms with E-state index in [9.17, 15) is 0 Å². The Morgan fingerprint density at radius 2 is 1.90 bits per heavy atom. The Hall–Kier alpha value is -0.480. The minimum atomic E-state index is 0. The van der Waals surface area contributed by atoms with Gasteiger partial charge in [-0.15, -0.1) is 12.4 Å². The van der Waals surface area contributed by atoms with E-state index in [2.05, 4.69) is 17.3 Å². The molecule has 3 nitrogen and oxygen atoms in total. The molecule has 0 spiro atoms. The van der Waals surface area contributed by atoms with Crippen LogP contribution in [-0.2, 0) is 0 Å². The molecule has 0 aromatic heterocycles. The summed E-state index contributed by atoms with van der Waals surface area (Å²) < 4.78 is 5.71. The van der Waals surface area contributed by atoms with E-state index in [1.807, 2.05) is 24.3 Å². The lowest BCUT2D eigenvalue weighted by Gasteiger charge is -2.27. The van der Waals surface area contributed by atoms with Crippen LogP contribution in [0.15, 0.2) is 24.3 Å². The van der Waals surface area contributed by atoms with Crippen LogP contribution in [0.2, 0.25) is 5.02 Å². The van der Waals surface area contributed by atoms with Crippen LogP contribution >= 0.6 is 24.0 Å². The Bertz CT molecular complexity index is 380. The summed E-state index contributed by atoms with van der Waals surface area (Å²) in [5.74, 6) is 1.76. The van der Waals surface area contributed by atoms with Crippen molar-refractivity contribution in [3.8, 4) is 5.75 Å². The lowest BCUT2D eigenvalue weighted by atomic mass is 9.98. The number of nitrogens with one attached hydrogen (secondary N) is 1. The van der Waals surface area contributed by atoms with Crippen molar-refractivity contribution in [2.24, 2.45) is 5.92 Å². The third kappa shape index (κ3) is 7.37. The van der Waals surface area contributed by atoms with Gasteiger partial charge in [-0.25, -0.2) is 0 Å². The van der Waals surface area contributed by atoms with Gasteiger partial charge in [0, 0.05) is 18.1 Å². The highest BCUT2D eigenvalue weighted by Crippen LogP contribution is 2.16. The minimum absolute atomic E-state index is 0. The predicted octanol–water partition coefficient (Wildman–Crippen LogP) is 3.46. The van der Waals surface area contributed by atoms with Crippen molar-refractivity contribution in [2.75, 3.05) is 39.8 Å². The molecule has 1 saturated heterocycles. The second-order valence-electron chi connectivity index (χ2n) is 5.61. The summed E-state index contributed by atoms with van der Waals surface area (Å²) in [6.07, 6.45) is 3.68. The van der Waals surface area contributed by atoms with E-state index in [-0.39, 0.29) is 12.4 Å². The van der Waals surface area contributed by atoms with Gasteiger partial charge >= 0.3 is 0 Å². The van der Waals surface area contributed by atoms with Crippen molar-refractivity contribution in [1.82, 2.24) is 10.2 Å². The van der Waals surface area contributed by atoms with Crippen LogP contribution in [0.3, 0.4) is 0 Å². The molecule has 1 N–H and O–H groups in total. The van der Waals surface area contributed by atoms with Gasteiger partial charge in [0.2, 0.25) is 0 Å². The van der Waals surface area contributed by atoms with Gasteiger partial charge in [0.15, 0.2) is 0 Å². The van der Waals surface area contributed by atoms with E-state index in [4.69, 9.17) is 16.3 Å². The molecule has 1 aliphatic heterocycles. The summed E-state index contributed by atoms with van der Waals surface area (Å²) >= 11 is 5.84. The van der Waals surface area contributed by atoms with E-state index in [1.165, 1.54) is 32.5 Å². The zero-order valence-corrected chi connectivity index (χ0v) is 14.3.